The molecule has 0 unspecified atom stereocenters. The number of aryl methyl sites for hydroxylation is 1. The van der Waals surface area contributed by atoms with Gasteiger partial charge in [-0.2, -0.15) is 0 Å². The third-order valence-corrected chi connectivity index (χ3v) is 3.09. The molecule has 0 saturated carbocycles. The number of carbonyl (C=O) groups is 1. The lowest BCUT2D eigenvalue weighted by molar-refractivity contribution is 0.0990. The Labute approximate surface area is 94.8 Å². The van der Waals surface area contributed by atoms with E-state index in [1.165, 1.54) is 0 Å². The molecule has 0 radical (unpaired) electrons. The molecule has 1 rings (SSSR count). The van der Waals surface area contributed by atoms with Gasteiger partial charge in [0.05, 0.1) is 0 Å². The van der Waals surface area contributed by atoms with Gasteiger partial charge in [-0.3, -0.25) is 4.79 Å². The molecule has 70 valence electrons. The first-order chi connectivity index (χ1) is 6.15. The van der Waals surface area contributed by atoms with E-state index in [0.29, 0.717) is 6.42 Å². The number of alkyl halides is 1. The minimum absolute atomic E-state index is 0.187. The summed E-state index contributed by atoms with van der Waals surface area (Å²) in [5.74, 6) is 0.187. The predicted molar refractivity (Wildman–Crippen MR) is 61.6 cm³/mol. The Hall–Kier alpha value is -0.150. The number of hydrogen-bond acceptors (Lipinski definition) is 1. The third-order valence-electron chi connectivity index (χ3n) is 1.80. The van der Waals surface area contributed by atoms with Crippen LogP contribution in [0.5, 0.6) is 0 Å². The quantitative estimate of drug-likeness (QED) is 0.614. The van der Waals surface area contributed by atoms with Gasteiger partial charge >= 0.3 is 0 Å². The highest BCUT2D eigenvalue weighted by Gasteiger charge is 2.05. The molecule has 1 aromatic rings. The maximum absolute atomic E-state index is 11.5. The molecular formula is C10H10Br2O. The first-order valence-corrected chi connectivity index (χ1v) is 5.92. The van der Waals surface area contributed by atoms with Crippen LogP contribution >= 0.6 is 31.9 Å². The Kier molecular flexibility index (Phi) is 4.13. The van der Waals surface area contributed by atoms with Crippen molar-refractivity contribution in [2.45, 2.75) is 13.3 Å². The van der Waals surface area contributed by atoms with Crippen molar-refractivity contribution >= 4 is 37.6 Å². The summed E-state index contributed by atoms with van der Waals surface area (Å²) in [7, 11) is 0. The molecule has 0 spiro atoms. The number of halogens is 2. The van der Waals surface area contributed by atoms with Crippen molar-refractivity contribution in [1.82, 2.24) is 0 Å². The number of rotatable bonds is 3. The molecule has 0 heterocycles. The largest absolute Gasteiger partial charge is 0.294 e. The van der Waals surface area contributed by atoms with Crippen LogP contribution in [-0.4, -0.2) is 11.1 Å². The van der Waals surface area contributed by atoms with Crippen molar-refractivity contribution in [3.63, 3.8) is 0 Å². The van der Waals surface area contributed by atoms with Gasteiger partial charge in [-0.25, -0.2) is 0 Å². The first kappa shape index (κ1) is 10.9. The summed E-state index contributed by atoms with van der Waals surface area (Å²) in [6, 6.07) is 5.67. The standard InChI is InChI=1S/C10H10Br2O/c1-7-6-8(2-3-9(7)12)10(13)4-5-11/h2-3,6H,4-5H2,1H3. The monoisotopic (exact) mass is 304 g/mol. The second-order valence-corrected chi connectivity index (χ2v) is 4.47. The molecule has 0 saturated heterocycles. The van der Waals surface area contributed by atoms with Crippen molar-refractivity contribution < 1.29 is 4.79 Å². The smallest absolute Gasteiger partial charge is 0.163 e. The van der Waals surface area contributed by atoms with Crippen molar-refractivity contribution in [2.24, 2.45) is 0 Å². The lowest BCUT2D eigenvalue weighted by Gasteiger charge is -2.01. The highest BCUT2D eigenvalue weighted by Crippen LogP contribution is 2.18. The van der Waals surface area contributed by atoms with Crippen LogP contribution in [-0.2, 0) is 0 Å². The van der Waals surface area contributed by atoms with Crippen LogP contribution < -0.4 is 0 Å². The lowest BCUT2D eigenvalue weighted by Crippen LogP contribution is -1.99. The molecule has 0 bridgehead atoms. The average molecular weight is 306 g/mol. The number of carbonyl (C=O) groups excluding carboxylic acids is 1. The van der Waals surface area contributed by atoms with E-state index in [0.717, 1.165) is 20.9 Å². The molecule has 1 aromatic carbocycles. The Morgan fingerprint density at radius 1 is 1.46 bits per heavy atom. The fourth-order valence-electron chi connectivity index (χ4n) is 1.05. The minimum atomic E-state index is 0.187. The highest BCUT2D eigenvalue weighted by molar-refractivity contribution is 9.10. The topological polar surface area (TPSA) is 17.1 Å². The Morgan fingerprint density at radius 3 is 2.69 bits per heavy atom. The van der Waals surface area contributed by atoms with Gasteiger partial charge in [0.25, 0.3) is 0 Å². The second-order valence-electron chi connectivity index (χ2n) is 2.83. The summed E-state index contributed by atoms with van der Waals surface area (Å²) in [5, 5.41) is 0.723. The summed E-state index contributed by atoms with van der Waals surface area (Å²) in [6.07, 6.45) is 0.557. The SMILES string of the molecule is Cc1cc(C(=O)CCBr)ccc1Br. The maximum Gasteiger partial charge on any atom is 0.163 e. The van der Waals surface area contributed by atoms with E-state index in [1.54, 1.807) is 0 Å². The van der Waals surface area contributed by atoms with Crippen LogP contribution in [0.15, 0.2) is 22.7 Å². The number of benzene rings is 1. The van der Waals surface area contributed by atoms with Gasteiger partial charge < -0.3 is 0 Å². The highest BCUT2D eigenvalue weighted by atomic mass is 79.9. The number of hydrogen-bond donors (Lipinski definition) is 0. The van der Waals surface area contributed by atoms with Gasteiger partial charge in [-0.15, -0.1) is 0 Å². The minimum Gasteiger partial charge on any atom is -0.294 e. The normalized spacial score (nSPS) is 10.1. The summed E-state index contributed by atoms with van der Waals surface area (Å²) in [5.41, 5.74) is 1.89. The van der Waals surface area contributed by atoms with E-state index in [4.69, 9.17) is 0 Å². The molecule has 0 fully saturated rings. The zero-order valence-corrected chi connectivity index (χ0v) is 10.5. The fraction of sp³-hybridized carbons (Fsp3) is 0.300. The molecule has 0 N–H and O–H groups in total. The van der Waals surface area contributed by atoms with E-state index < -0.39 is 0 Å². The van der Waals surface area contributed by atoms with Crippen molar-refractivity contribution in [2.75, 3.05) is 5.33 Å². The zero-order valence-electron chi connectivity index (χ0n) is 7.31. The molecule has 0 aromatic heterocycles. The van der Waals surface area contributed by atoms with Gasteiger partial charge in [0.15, 0.2) is 5.78 Å². The van der Waals surface area contributed by atoms with E-state index in [9.17, 15) is 4.79 Å². The van der Waals surface area contributed by atoms with Crippen LogP contribution in [0.1, 0.15) is 22.3 Å². The van der Waals surface area contributed by atoms with E-state index in [-0.39, 0.29) is 5.78 Å². The van der Waals surface area contributed by atoms with Gasteiger partial charge in [-0.05, 0) is 24.6 Å². The van der Waals surface area contributed by atoms with Crippen molar-refractivity contribution in [1.29, 1.82) is 0 Å². The fourth-order valence-corrected chi connectivity index (χ4v) is 1.66. The van der Waals surface area contributed by atoms with Gasteiger partial charge in [0, 0.05) is 21.8 Å². The van der Waals surface area contributed by atoms with Crippen molar-refractivity contribution in [3.8, 4) is 0 Å². The molecule has 0 atom stereocenters. The third kappa shape index (κ3) is 2.92. The van der Waals surface area contributed by atoms with Crippen LogP contribution in [0.25, 0.3) is 0 Å². The average Bonchev–Trinajstić information content (AvgIpc) is 2.10. The van der Waals surface area contributed by atoms with E-state index in [2.05, 4.69) is 31.9 Å². The molecule has 0 aliphatic carbocycles. The van der Waals surface area contributed by atoms with Crippen LogP contribution in [0.3, 0.4) is 0 Å². The Balaban J connectivity index is 2.90. The summed E-state index contributed by atoms with van der Waals surface area (Å²) >= 11 is 6.65. The maximum atomic E-state index is 11.5. The van der Waals surface area contributed by atoms with Crippen LogP contribution in [0.2, 0.25) is 0 Å². The zero-order chi connectivity index (χ0) is 9.84. The van der Waals surface area contributed by atoms with Crippen LogP contribution in [0, 0.1) is 6.92 Å². The van der Waals surface area contributed by atoms with E-state index >= 15 is 0 Å². The Morgan fingerprint density at radius 2 is 2.15 bits per heavy atom. The predicted octanol–water partition coefficient (Wildman–Crippen LogP) is 3.73. The molecule has 13 heavy (non-hydrogen) atoms. The van der Waals surface area contributed by atoms with Crippen molar-refractivity contribution in [3.05, 3.63) is 33.8 Å². The molecule has 0 aliphatic rings. The molecule has 0 aliphatic heterocycles. The van der Waals surface area contributed by atoms with Gasteiger partial charge in [0.1, 0.15) is 0 Å². The molecular weight excluding hydrogens is 296 g/mol. The van der Waals surface area contributed by atoms with Gasteiger partial charge in [-0.1, -0.05) is 37.9 Å². The summed E-state index contributed by atoms with van der Waals surface area (Å²) in [6.45, 7) is 1.98. The van der Waals surface area contributed by atoms with Gasteiger partial charge in [0.2, 0.25) is 0 Å². The molecule has 0 amide bonds. The van der Waals surface area contributed by atoms with Crippen LogP contribution in [0.4, 0.5) is 0 Å². The molecule has 1 nitrogen and oxygen atoms in total. The second kappa shape index (κ2) is 4.91. The Bertz CT molecular complexity index is 321. The number of Topliss-reactive ketones (excluding diaryl/α,β-unsaturated/α-hetero) is 1. The first-order valence-electron chi connectivity index (χ1n) is 4.00. The number of ketones is 1. The summed E-state index contributed by atoms with van der Waals surface area (Å²) < 4.78 is 1.04. The summed E-state index contributed by atoms with van der Waals surface area (Å²) in [4.78, 5) is 11.5. The lowest BCUT2D eigenvalue weighted by atomic mass is 10.1. The molecule has 3 heteroatoms. The van der Waals surface area contributed by atoms with E-state index in [1.807, 2.05) is 25.1 Å².